The van der Waals surface area contributed by atoms with Gasteiger partial charge in [-0.1, -0.05) is 29.8 Å². The van der Waals surface area contributed by atoms with Gasteiger partial charge in [0.05, 0.1) is 12.3 Å². The van der Waals surface area contributed by atoms with E-state index in [0.717, 1.165) is 22.8 Å². The maximum absolute atomic E-state index is 9.55. The highest BCUT2D eigenvalue weighted by Gasteiger charge is 2.15. The quantitative estimate of drug-likeness (QED) is 0.337. The van der Waals surface area contributed by atoms with Crippen LogP contribution in [-0.4, -0.2) is 81.4 Å². The summed E-state index contributed by atoms with van der Waals surface area (Å²) in [5, 5.41) is 32.0. The van der Waals surface area contributed by atoms with Gasteiger partial charge < -0.3 is 30.1 Å². The number of likely N-dealkylation sites (N-methyl/N-ethyl adjacent to an activating group) is 1. The Bertz CT molecular complexity index is 958. The van der Waals surface area contributed by atoms with Crippen molar-refractivity contribution in [3.8, 4) is 0 Å². The zero-order valence-corrected chi connectivity index (χ0v) is 20.3. The second kappa shape index (κ2) is 18.3. The van der Waals surface area contributed by atoms with Crippen LogP contribution in [0, 0.1) is 0 Å². The topological polar surface area (TPSA) is 175 Å². The Balaban J connectivity index is 0.000000634. The van der Waals surface area contributed by atoms with Gasteiger partial charge in [0.15, 0.2) is 0 Å². The molecule has 36 heavy (non-hydrogen) atoms. The maximum Gasteiger partial charge on any atom is 0.328 e. The van der Waals surface area contributed by atoms with Crippen LogP contribution in [0.1, 0.15) is 17.4 Å². The second-order valence-electron chi connectivity index (χ2n) is 6.88. The third-order valence-corrected chi connectivity index (χ3v) is 3.94. The summed E-state index contributed by atoms with van der Waals surface area (Å²) in [7, 11) is 4.06. The van der Waals surface area contributed by atoms with Crippen molar-refractivity contribution in [3.63, 3.8) is 0 Å². The summed E-state index contributed by atoms with van der Waals surface area (Å²) < 4.78 is 6.02. The minimum atomic E-state index is -1.26. The van der Waals surface area contributed by atoms with Gasteiger partial charge in [-0.2, -0.15) is 0 Å². The van der Waals surface area contributed by atoms with Crippen LogP contribution < -0.4 is 0 Å². The predicted octanol–water partition coefficient (Wildman–Crippen LogP) is 2.83. The molecule has 4 N–H and O–H groups in total. The maximum atomic E-state index is 9.55. The number of nitrogens with zero attached hydrogens (tertiary/aromatic N) is 2. The van der Waals surface area contributed by atoms with Crippen LogP contribution >= 0.6 is 11.6 Å². The van der Waals surface area contributed by atoms with E-state index >= 15 is 0 Å². The second-order valence-corrected chi connectivity index (χ2v) is 7.32. The predicted molar refractivity (Wildman–Crippen MR) is 131 cm³/mol. The fraction of sp³-hybridized carbons (Fsp3) is 0.208. The van der Waals surface area contributed by atoms with E-state index in [9.17, 15) is 19.2 Å². The number of hydrogen-bond acceptors (Lipinski definition) is 7. The first-order valence-corrected chi connectivity index (χ1v) is 10.5. The molecule has 12 heteroatoms. The Morgan fingerprint density at radius 2 is 1.33 bits per heavy atom. The summed E-state index contributed by atoms with van der Waals surface area (Å²) in [6, 6.07) is 13.6. The standard InChI is InChI=1S/C16H19ClN2O.2C4H4O4/c1-19(2)11-12-20-16(15-5-3-4-10-18-15)13-6-8-14(17)9-7-13;2*5-3(6)1-2-4(7)8/h3-10,16H,11-12H2,1-2H3;2*1-2H,(H,5,6)(H,7,8)/b;2*2-1-. The third-order valence-electron chi connectivity index (χ3n) is 3.69. The van der Waals surface area contributed by atoms with E-state index < -0.39 is 23.9 Å². The zero-order valence-electron chi connectivity index (χ0n) is 19.5. The fourth-order valence-corrected chi connectivity index (χ4v) is 2.29. The number of carbonyl (C=O) groups is 4. The van der Waals surface area contributed by atoms with E-state index in [0.29, 0.717) is 30.9 Å². The summed E-state index contributed by atoms with van der Waals surface area (Å²) in [6.07, 6.45) is 3.86. The van der Waals surface area contributed by atoms with E-state index in [-0.39, 0.29) is 6.10 Å². The molecule has 0 aliphatic rings. The van der Waals surface area contributed by atoms with Crippen molar-refractivity contribution < 1.29 is 44.3 Å². The van der Waals surface area contributed by atoms with Crippen LogP contribution in [0.4, 0.5) is 0 Å². The van der Waals surface area contributed by atoms with Crippen molar-refractivity contribution in [2.75, 3.05) is 27.2 Å². The highest BCUT2D eigenvalue weighted by Crippen LogP contribution is 2.25. The van der Waals surface area contributed by atoms with Crippen molar-refractivity contribution in [1.29, 1.82) is 0 Å². The number of rotatable bonds is 10. The highest BCUT2D eigenvalue weighted by atomic mass is 35.5. The first-order valence-electron chi connectivity index (χ1n) is 10.1. The molecule has 1 aromatic carbocycles. The SMILES string of the molecule is CN(C)CCOC(c1ccc(Cl)cc1)c1ccccn1.O=C(O)/C=C\C(=O)O.O=C(O)/C=C\C(=O)O. The Morgan fingerprint density at radius 3 is 1.69 bits per heavy atom. The molecule has 194 valence electrons. The molecule has 0 aliphatic carbocycles. The molecule has 0 amide bonds. The Hall–Kier alpha value is -4.06. The number of benzene rings is 1. The van der Waals surface area contributed by atoms with Crippen LogP contribution in [0.5, 0.6) is 0 Å². The number of carboxylic acid groups (broad SMARTS) is 4. The molecule has 1 atom stereocenters. The van der Waals surface area contributed by atoms with Gasteiger partial charge in [0.2, 0.25) is 0 Å². The molecule has 1 unspecified atom stereocenters. The number of hydrogen-bond donors (Lipinski definition) is 4. The monoisotopic (exact) mass is 522 g/mol. The van der Waals surface area contributed by atoms with Gasteiger partial charge in [-0.3, -0.25) is 4.98 Å². The van der Waals surface area contributed by atoms with E-state index in [4.69, 9.17) is 36.8 Å². The normalized spacial score (nSPS) is 11.2. The van der Waals surface area contributed by atoms with E-state index in [1.54, 1.807) is 6.20 Å². The molecular weight excluding hydrogens is 496 g/mol. The number of ether oxygens (including phenoxy) is 1. The molecule has 0 fully saturated rings. The number of aromatic nitrogens is 1. The molecule has 0 radical (unpaired) electrons. The lowest BCUT2D eigenvalue weighted by atomic mass is 10.1. The average molecular weight is 523 g/mol. The lowest BCUT2D eigenvalue weighted by Crippen LogP contribution is -2.20. The van der Waals surface area contributed by atoms with Gasteiger partial charge in [-0.25, -0.2) is 19.2 Å². The first kappa shape index (κ1) is 31.9. The van der Waals surface area contributed by atoms with Crippen molar-refractivity contribution in [3.05, 3.63) is 89.2 Å². The third kappa shape index (κ3) is 17.4. The van der Waals surface area contributed by atoms with Crippen LogP contribution in [0.15, 0.2) is 73.0 Å². The van der Waals surface area contributed by atoms with Gasteiger partial charge in [-0.05, 0) is 43.9 Å². The molecule has 1 heterocycles. The van der Waals surface area contributed by atoms with Gasteiger partial charge in [0.25, 0.3) is 0 Å². The van der Waals surface area contributed by atoms with Gasteiger partial charge in [-0.15, -0.1) is 0 Å². The summed E-state index contributed by atoms with van der Waals surface area (Å²) in [4.78, 5) is 44.7. The summed E-state index contributed by atoms with van der Waals surface area (Å²) in [6.45, 7) is 1.52. The number of halogens is 1. The Kier molecular flexibility index (Phi) is 16.2. The van der Waals surface area contributed by atoms with Crippen molar-refractivity contribution in [1.82, 2.24) is 9.88 Å². The van der Waals surface area contributed by atoms with Gasteiger partial charge in [0, 0.05) is 42.1 Å². The number of carboxylic acids is 4. The molecule has 1 aromatic heterocycles. The van der Waals surface area contributed by atoms with Crippen LogP contribution in [0.25, 0.3) is 0 Å². The molecule has 0 aliphatic heterocycles. The summed E-state index contributed by atoms with van der Waals surface area (Å²) in [5.74, 6) is -5.03. The Labute approximate surface area is 212 Å². The van der Waals surface area contributed by atoms with Crippen LogP contribution in [0.2, 0.25) is 5.02 Å². The molecule has 0 saturated carbocycles. The zero-order chi connectivity index (χ0) is 27.5. The van der Waals surface area contributed by atoms with Crippen molar-refractivity contribution in [2.24, 2.45) is 0 Å². The molecule has 0 spiro atoms. The molecule has 11 nitrogen and oxygen atoms in total. The largest absolute Gasteiger partial charge is 0.478 e. The smallest absolute Gasteiger partial charge is 0.328 e. The van der Waals surface area contributed by atoms with Crippen molar-refractivity contribution >= 4 is 35.5 Å². The van der Waals surface area contributed by atoms with Crippen LogP contribution in [0.3, 0.4) is 0 Å². The minimum Gasteiger partial charge on any atom is -0.478 e. The number of pyridine rings is 1. The lowest BCUT2D eigenvalue weighted by molar-refractivity contribution is -0.134. The summed E-state index contributed by atoms with van der Waals surface area (Å²) >= 11 is 5.95. The molecule has 0 saturated heterocycles. The first-order chi connectivity index (χ1) is 16.9. The van der Waals surface area contributed by atoms with E-state index in [2.05, 4.69) is 9.88 Å². The highest BCUT2D eigenvalue weighted by molar-refractivity contribution is 6.30. The van der Waals surface area contributed by atoms with E-state index in [1.165, 1.54) is 0 Å². The van der Waals surface area contributed by atoms with Crippen LogP contribution in [-0.2, 0) is 23.9 Å². The van der Waals surface area contributed by atoms with E-state index in [1.807, 2.05) is 56.6 Å². The fourth-order valence-electron chi connectivity index (χ4n) is 2.16. The van der Waals surface area contributed by atoms with Gasteiger partial charge in [0.1, 0.15) is 6.10 Å². The summed E-state index contributed by atoms with van der Waals surface area (Å²) in [5.41, 5.74) is 1.97. The Morgan fingerprint density at radius 1 is 0.861 bits per heavy atom. The molecule has 0 bridgehead atoms. The number of aliphatic carboxylic acids is 4. The average Bonchev–Trinajstić information content (AvgIpc) is 2.81. The minimum absolute atomic E-state index is 0.159. The molecule has 2 rings (SSSR count). The lowest BCUT2D eigenvalue weighted by Gasteiger charge is -2.19. The van der Waals surface area contributed by atoms with Gasteiger partial charge >= 0.3 is 23.9 Å². The molecule has 2 aromatic rings. The van der Waals surface area contributed by atoms with Crippen molar-refractivity contribution in [2.45, 2.75) is 6.10 Å². The molecular formula is C24H27ClN2O9.